The molecule has 1 aromatic heterocycles. The van der Waals surface area contributed by atoms with Crippen molar-refractivity contribution >= 4 is 23.4 Å². The Morgan fingerprint density at radius 2 is 2.36 bits per heavy atom. The number of nitrogens with two attached hydrogens (primary N) is 1. The largest absolute Gasteiger partial charge is 0.481 e. The Morgan fingerprint density at radius 1 is 1.71 bits per heavy atom. The molecule has 1 rings (SSSR count). The number of aromatic nitrogens is 2. The van der Waals surface area contributed by atoms with Crippen LogP contribution in [0.25, 0.3) is 0 Å². The molecule has 1 aromatic rings. The molecule has 0 aromatic carbocycles. The summed E-state index contributed by atoms with van der Waals surface area (Å²) in [7, 11) is 1.61. The number of rotatable bonds is 3. The second kappa shape index (κ2) is 3.77. The molecule has 0 aliphatic carbocycles. The minimum absolute atomic E-state index is 0.281. The van der Waals surface area contributed by atoms with Crippen molar-refractivity contribution in [1.82, 2.24) is 9.78 Å². The third-order valence-electron chi connectivity index (χ3n) is 1.57. The number of nitrogen functional groups attached to an aromatic ring is 1. The van der Waals surface area contributed by atoms with E-state index in [0.717, 1.165) is 0 Å². The summed E-state index contributed by atoms with van der Waals surface area (Å²) in [5, 5.41) is 14.4. The van der Waals surface area contributed by atoms with Gasteiger partial charge < -0.3 is 16.2 Å². The lowest BCUT2D eigenvalue weighted by Crippen LogP contribution is -2.16. The Hall–Kier alpha value is -2.05. The van der Waals surface area contributed by atoms with Crippen molar-refractivity contribution in [2.45, 2.75) is 6.42 Å². The second-order valence-corrected chi connectivity index (χ2v) is 2.69. The van der Waals surface area contributed by atoms with Crippen LogP contribution in [-0.4, -0.2) is 26.8 Å². The second-order valence-electron chi connectivity index (χ2n) is 2.69. The summed E-state index contributed by atoms with van der Waals surface area (Å²) >= 11 is 0. The minimum atomic E-state index is -1.19. The van der Waals surface area contributed by atoms with Gasteiger partial charge in [-0.2, -0.15) is 5.10 Å². The van der Waals surface area contributed by atoms with Gasteiger partial charge in [-0.25, -0.2) is 0 Å². The molecule has 7 nitrogen and oxygen atoms in total. The lowest BCUT2D eigenvalue weighted by atomic mass is 10.4. The van der Waals surface area contributed by atoms with E-state index in [-0.39, 0.29) is 5.82 Å². The van der Waals surface area contributed by atoms with E-state index in [9.17, 15) is 9.59 Å². The van der Waals surface area contributed by atoms with Crippen molar-refractivity contribution in [3.05, 3.63) is 6.20 Å². The van der Waals surface area contributed by atoms with E-state index in [1.165, 1.54) is 10.9 Å². The number of carbonyl (C=O) groups excluding carboxylic acids is 1. The lowest BCUT2D eigenvalue weighted by Gasteiger charge is -2.01. The molecule has 0 radical (unpaired) electrons. The predicted octanol–water partition coefficient (Wildman–Crippen LogP) is -0.584. The molecule has 0 saturated carbocycles. The Kier molecular flexibility index (Phi) is 2.70. The molecule has 4 N–H and O–H groups in total. The monoisotopic (exact) mass is 198 g/mol. The summed E-state index contributed by atoms with van der Waals surface area (Å²) in [4.78, 5) is 21.2. The van der Waals surface area contributed by atoms with E-state index >= 15 is 0 Å². The van der Waals surface area contributed by atoms with E-state index in [4.69, 9.17) is 10.8 Å². The van der Waals surface area contributed by atoms with Gasteiger partial charge in [-0.1, -0.05) is 0 Å². The highest BCUT2D eigenvalue weighted by molar-refractivity contribution is 6.02. The molecule has 7 heteroatoms. The first-order valence-electron chi connectivity index (χ1n) is 3.80. The Morgan fingerprint density at radius 3 is 2.79 bits per heavy atom. The van der Waals surface area contributed by atoms with E-state index in [0.29, 0.717) is 5.69 Å². The van der Waals surface area contributed by atoms with Gasteiger partial charge in [0, 0.05) is 7.05 Å². The van der Waals surface area contributed by atoms with Gasteiger partial charge in [0.1, 0.15) is 17.9 Å². The molecular weight excluding hydrogens is 188 g/mol. The molecule has 0 spiro atoms. The summed E-state index contributed by atoms with van der Waals surface area (Å²) < 4.78 is 1.37. The van der Waals surface area contributed by atoms with Crippen LogP contribution in [0.15, 0.2) is 6.20 Å². The van der Waals surface area contributed by atoms with E-state index < -0.39 is 18.3 Å². The van der Waals surface area contributed by atoms with Crippen LogP contribution in [0.5, 0.6) is 0 Å². The quantitative estimate of drug-likeness (QED) is 0.562. The summed E-state index contributed by atoms with van der Waals surface area (Å²) in [5.41, 5.74) is 5.84. The smallest absolute Gasteiger partial charge is 0.312 e. The summed E-state index contributed by atoms with van der Waals surface area (Å²) in [6.45, 7) is 0. The average molecular weight is 198 g/mol. The molecule has 0 atom stereocenters. The maximum absolute atomic E-state index is 11.0. The zero-order chi connectivity index (χ0) is 10.7. The number of carboxylic acid groups (broad SMARTS) is 1. The van der Waals surface area contributed by atoms with E-state index in [1.54, 1.807) is 7.05 Å². The highest BCUT2D eigenvalue weighted by atomic mass is 16.4. The Balaban J connectivity index is 2.65. The van der Waals surface area contributed by atoms with Crippen molar-refractivity contribution in [3.8, 4) is 0 Å². The third-order valence-corrected chi connectivity index (χ3v) is 1.57. The maximum atomic E-state index is 11.0. The fourth-order valence-corrected chi connectivity index (χ4v) is 0.875. The maximum Gasteiger partial charge on any atom is 0.312 e. The van der Waals surface area contributed by atoms with Crippen molar-refractivity contribution in [1.29, 1.82) is 0 Å². The summed E-state index contributed by atoms with van der Waals surface area (Å²) in [6.07, 6.45) is 0.767. The van der Waals surface area contributed by atoms with Crippen LogP contribution in [0, 0.1) is 0 Å². The number of nitrogens with one attached hydrogen (secondary N) is 1. The van der Waals surface area contributed by atoms with Gasteiger partial charge >= 0.3 is 5.97 Å². The van der Waals surface area contributed by atoms with Gasteiger partial charge in [-0.15, -0.1) is 0 Å². The molecule has 0 fully saturated rings. The van der Waals surface area contributed by atoms with Gasteiger partial charge in [-0.05, 0) is 0 Å². The fourth-order valence-electron chi connectivity index (χ4n) is 0.875. The highest BCUT2D eigenvalue weighted by Gasteiger charge is 2.11. The Labute approximate surface area is 79.5 Å². The van der Waals surface area contributed by atoms with Gasteiger partial charge in [0.05, 0.1) is 6.20 Å². The molecule has 0 unspecified atom stereocenters. The predicted molar refractivity (Wildman–Crippen MR) is 48.5 cm³/mol. The third kappa shape index (κ3) is 2.22. The number of hydrogen-bond acceptors (Lipinski definition) is 4. The topological polar surface area (TPSA) is 110 Å². The lowest BCUT2D eigenvalue weighted by molar-refractivity contribution is -0.139. The van der Waals surface area contributed by atoms with E-state index in [2.05, 4.69) is 10.4 Å². The molecule has 0 aliphatic rings. The van der Waals surface area contributed by atoms with Crippen molar-refractivity contribution in [3.63, 3.8) is 0 Å². The first-order chi connectivity index (χ1) is 6.50. The molecule has 14 heavy (non-hydrogen) atoms. The van der Waals surface area contributed by atoms with Crippen LogP contribution in [0.1, 0.15) is 6.42 Å². The van der Waals surface area contributed by atoms with E-state index in [1.807, 2.05) is 0 Å². The first kappa shape index (κ1) is 10.0. The number of aryl methyl sites for hydroxylation is 1. The number of carboxylic acids is 1. The number of carbonyl (C=O) groups is 2. The first-order valence-corrected chi connectivity index (χ1v) is 3.80. The van der Waals surface area contributed by atoms with Crippen LogP contribution in [0.2, 0.25) is 0 Å². The normalized spacial score (nSPS) is 9.79. The molecule has 0 aliphatic heterocycles. The summed E-state index contributed by atoms with van der Waals surface area (Å²) in [5.74, 6) is -1.54. The number of hydrogen-bond donors (Lipinski definition) is 3. The van der Waals surface area contributed by atoms with Crippen molar-refractivity contribution < 1.29 is 14.7 Å². The molecule has 1 amide bonds. The molecule has 76 valence electrons. The van der Waals surface area contributed by atoms with Gasteiger partial charge in [0.2, 0.25) is 5.91 Å². The van der Waals surface area contributed by atoms with Crippen molar-refractivity contribution in [2.75, 3.05) is 11.1 Å². The zero-order valence-electron chi connectivity index (χ0n) is 7.52. The number of anilines is 2. The minimum Gasteiger partial charge on any atom is -0.481 e. The zero-order valence-corrected chi connectivity index (χ0v) is 7.52. The van der Waals surface area contributed by atoms with Crippen LogP contribution < -0.4 is 11.1 Å². The molecular formula is C7H10N4O3. The standard InChI is InChI=1S/C7H10N4O3/c1-11-7(8)4(3-9-11)10-5(12)2-6(13)14/h3H,2,8H2,1H3,(H,10,12)(H,13,14). The number of aliphatic carboxylic acids is 1. The van der Waals surface area contributed by atoms with Crippen molar-refractivity contribution in [2.24, 2.45) is 7.05 Å². The highest BCUT2D eigenvalue weighted by Crippen LogP contribution is 2.15. The SMILES string of the molecule is Cn1ncc(NC(=O)CC(=O)O)c1N. The molecule has 0 bridgehead atoms. The Bertz CT molecular complexity index is 371. The fraction of sp³-hybridized carbons (Fsp3) is 0.286. The van der Waals surface area contributed by atoms with Crippen LogP contribution in [-0.2, 0) is 16.6 Å². The number of nitrogens with zero attached hydrogens (tertiary/aromatic N) is 2. The van der Waals surface area contributed by atoms with Crippen LogP contribution >= 0.6 is 0 Å². The van der Waals surface area contributed by atoms with Gasteiger partial charge in [-0.3, -0.25) is 14.3 Å². The van der Waals surface area contributed by atoms with Crippen LogP contribution in [0.3, 0.4) is 0 Å². The molecule has 1 heterocycles. The number of amides is 1. The summed E-state index contributed by atoms with van der Waals surface area (Å²) in [6, 6.07) is 0. The van der Waals surface area contributed by atoms with Crippen LogP contribution in [0.4, 0.5) is 11.5 Å². The molecule has 0 saturated heterocycles. The average Bonchev–Trinajstić information content (AvgIpc) is 2.34. The van der Waals surface area contributed by atoms with Gasteiger partial charge in [0.15, 0.2) is 0 Å². The van der Waals surface area contributed by atoms with Gasteiger partial charge in [0.25, 0.3) is 0 Å².